The van der Waals surface area contributed by atoms with Crippen LogP contribution in [0, 0.1) is 11.3 Å². The Morgan fingerprint density at radius 1 is 1.18 bits per heavy atom. The molecule has 0 spiro atoms. The van der Waals surface area contributed by atoms with E-state index in [1.54, 1.807) is 0 Å². The minimum absolute atomic E-state index is 0.134. The summed E-state index contributed by atoms with van der Waals surface area (Å²) in [6.45, 7) is 9.69. The molecule has 0 bridgehead atoms. The summed E-state index contributed by atoms with van der Waals surface area (Å²) in [6.07, 6.45) is 6.36. The molecule has 1 aromatic rings. The minimum Gasteiger partial charge on any atom is -0.493 e. The van der Waals surface area contributed by atoms with Crippen LogP contribution in [-0.4, -0.2) is 11.7 Å². The van der Waals surface area contributed by atoms with E-state index in [1.807, 2.05) is 0 Å². The van der Waals surface area contributed by atoms with Gasteiger partial charge in [0, 0.05) is 17.4 Å². The van der Waals surface area contributed by atoms with E-state index < -0.39 is 5.60 Å². The molecule has 0 saturated carbocycles. The molecule has 122 valence electrons. The molecule has 0 amide bonds. The van der Waals surface area contributed by atoms with Crippen molar-refractivity contribution in [2.45, 2.75) is 71.8 Å². The zero-order valence-electron chi connectivity index (χ0n) is 14.5. The monoisotopic (exact) mass is 302 g/mol. The van der Waals surface area contributed by atoms with Gasteiger partial charge >= 0.3 is 0 Å². The summed E-state index contributed by atoms with van der Waals surface area (Å²) in [5.41, 5.74) is 2.88. The first-order valence-corrected chi connectivity index (χ1v) is 8.96. The van der Waals surface area contributed by atoms with E-state index in [2.05, 4.69) is 39.8 Å². The molecule has 1 aliphatic carbocycles. The number of rotatable bonds is 5. The molecule has 22 heavy (non-hydrogen) atoms. The average molecular weight is 302 g/mol. The van der Waals surface area contributed by atoms with Gasteiger partial charge in [-0.2, -0.15) is 0 Å². The van der Waals surface area contributed by atoms with Crippen molar-refractivity contribution in [3.8, 4) is 5.75 Å². The van der Waals surface area contributed by atoms with Crippen LogP contribution in [-0.2, 0) is 18.4 Å². The molecule has 2 heteroatoms. The molecular weight excluding hydrogens is 272 g/mol. The van der Waals surface area contributed by atoms with E-state index in [4.69, 9.17) is 4.74 Å². The number of hydrogen-bond donors (Lipinski definition) is 1. The van der Waals surface area contributed by atoms with Crippen molar-refractivity contribution < 1.29 is 9.84 Å². The quantitative estimate of drug-likeness (QED) is 0.861. The molecule has 0 fully saturated rings. The van der Waals surface area contributed by atoms with E-state index in [1.165, 1.54) is 11.1 Å². The van der Waals surface area contributed by atoms with E-state index in [0.29, 0.717) is 5.92 Å². The van der Waals surface area contributed by atoms with Crippen molar-refractivity contribution in [2.24, 2.45) is 11.3 Å². The van der Waals surface area contributed by atoms with Gasteiger partial charge in [-0.25, -0.2) is 0 Å². The number of benzene rings is 1. The minimum atomic E-state index is -0.727. The standard InChI is InChI=1S/C20H30O2/c1-5-7-15(8-6-2)20(21)17-10-9-14-11-12-22-18(14)16(17)13-19(20,3)4/h9-10,15,21H,5-8,11-13H2,1-4H3. The van der Waals surface area contributed by atoms with Gasteiger partial charge in [0.2, 0.25) is 0 Å². The lowest BCUT2D eigenvalue weighted by Gasteiger charge is -2.44. The summed E-state index contributed by atoms with van der Waals surface area (Å²) in [4.78, 5) is 0. The Labute approximate surface area is 134 Å². The van der Waals surface area contributed by atoms with E-state index >= 15 is 0 Å². The Hall–Kier alpha value is -1.02. The average Bonchev–Trinajstić information content (AvgIpc) is 3.01. The first-order valence-electron chi connectivity index (χ1n) is 8.96. The highest BCUT2D eigenvalue weighted by atomic mass is 16.5. The van der Waals surface area contributed by atoms with E-state index in [-0.39, 0.29) is 5.41 Å². The summed E-state index contributed by atoms with van der Waals surface area (Å²) in [7, 11) is 0. The fraction of sp³-hybridized carbons (Fsp3) is 0.700. The van der Waals surface area contributed by atoms with Crippen LogP contribution in [0.3, 0.4) is 0 Å². The van der Waals surface area contributed by atoms with Gasteiger partial charge in [0.05, 0.1) is 12.2 Å². The summed E-state index contributed by atoms with van der Waals surface area (Å²) >= 11 is 0. The Morgan fingerprint density at radius 3 is 2.50 bits per heavy atom. The maximum absolute atomic E-state index is 11.9. The van der Waals surface area contributed by atoms with Gasteiger partial charge < -0.3 is 9.84 Å². The van der Waals surface area contributed by atoms with Crippen LogP contribution in [0.5, 0.6) is 5.75 Å². The van der Waals surface area contributed by atoms with Gasteiger partial charge in [-0.15, -0.1) is 0 Å². The smallest absolute Gasteiger partial charge is 0.126 e. The van der Waals surface area contributed by atoms with Gasteiger partial charge in [0.1, 0.15) is 5.75 Å². The molecule has 2 aliphatic rings. The zero-order valence-corrected chi connectivity index (χ0v) is 14.5. The molecule has 0 saturated heterocycles. The van der Waals surface area contributed by atoms with Gasteiger partial charge in [0.25, 0.3) is 0 Å². The maximum Gasteiger partial charge on any atom is 0.126 e. The highest BCUT2D eigenvalue weighted by molar-refractivity contribution is 5.54. The van der Waals surface area contributed by atoms with Crippen molar-refractivity contribution in [1.29, 1.82) is 0 Å². The predicted octanol–water partition coefficient (Wildman–Crippen LogP) is 4.61. The summed E-state index contributed by atoms with van der Waals surface area (Å²) in [6, 6.07) is 4.37. The Bertz CT molecular complexity index is 555. The molecule has 0 aromatic heterocycles. The molecule has 1 aliphatic heterocycles. The largest absolute Gasteiger partial charge is 0.493 e. The molecule has 0 radical (unpaired) electrons. The van der Waals surface area contributed by atoms with Gasteiger partial charge in [-0.1, -0.05) is 52.7 Å². The van der Waals surface area contributed by atoms with Crippen molar-refractivity contribution in [1.82, 2.24) is 0 Å². The Morgan fingerprint density at radius 2 is 1.86 bits per heavy atom. The lowest BCUT2D eigenvalue weighted by molar-refractivity contribution is -0.113. The lowest BCUT2D eigenvalue weighted by atomic mass is 9.65. The molecule has 3 rings (SSSR count). The predicted molar refractivity (Wildman–Crippen MR) is 90.3 cm³/mol. The normalized spacial score (nSPS) is 25.2. The molecule has 1 unspecified atom stereocenters. The van der Waals surface area contributed by atoms with E-state index in [9.17, 15) is 5.11 Å². The van der Waals surface area contributed by atoms with Crippen molar-refractivity contribution in [2.75, 3.05) is 6.61 Å². The van der Waals surface area contributed by atoms with Crippen molar-refractivity contribution in [3.05, 3.63) is 28.8 Å². The zero-order chi connectivity index (χ0) is 16.0. The van der Waals surface area contributed by atoms with Crippen LogP contribution in [0.1, 0.15) is 70.1 Å². The third-order valence-electron chi connectivity index (χ3n) is 5.89. The number of hydrogen-bond acceptors (Lipinski definition) is 2. The topological polar surface area (TPSA) is 29.5 Å². The second kappa shape index (κ2) is 5.56. The highest BCUT2D eigenvalue weighted by Gasteiger charge is 2.56. The fourth-order valence-electron chi connectivity index (χ4n) is 4.82. The lowest BCUT2D eigenvalue weighted by Crippen LogP contribution is -2.45. The number of ether oxygens (including phenoxy) is 1. The van der Waals surface area contributed by atoms with Crippen molar-refractivity contribution in [3.63, 3.8) is 0 Å². The van der Waals surface area contributed by atoms with Crippen molar-refractivity contribution >= 4 is 0 Å². The third-order valence-corrected chi connectivity index (χ3v) is 5.89. The molecule has 2 nitrogen and oxygen atoms in total. The number of fused-ring (bicyclic) bond motifs is 3. The SMILES string of the molecule is CCCC(CCC)C1(O)c2ccc3c(c2CC1(C)C)OCC3. The van der Waals surface area contributed by atoms with Crippen LogP contribution in [0.25, 0.3) is 0 Å². The summed E-state index contributed by atoms with van der Waals surface area (Å²) in [5, 5.41) is 11.9. The van der Waals surface area contributed by atoms with Gasteiger partial charge in [-0.3, -0.25) is 0 Å². The van der Waals surface area contributed by atoms with Gasteiger partial charge in [0.15, 0.2) is 0 Å². The van der Waals surface area contributed by atoms with Crippen LogP contribution in [0.15, 0.2) is 12.1 Å². The first-order chi connectivity index (χ1) is 10.5. The van der Waals surface area contributed by atoms with Crippen LogP contribution >= 0.6 is 0 Å². The second-order valence-electron chi connectivity index (χ2n) is 7.78. The first kappa shape index (κ1) is 15.9. The van der Waals surface area contributed by atoms with Crippen LogP contribution in [0.4, 0.5) is 0 Å². The molecule has 1 heterocycles. The van der Waals surface area contributed by atoms with E-state index in [0.717, 1.165) is 56.4 Å². The third kappa shape index (κ3) is 2.11. The summed E-state index contributed by atoms with van der Waals surface area (Å²) < 4.78 is 5.92. The second-order valence-corrected chi connectivity index (χ2v) is 7.78. The summed E-state index contributed by atoms with van der Waals surface area (Å²) in [5.74, 6) is 1.41. The Balaban J connectivity index is 2.11. The Kier molecular flexibility index (Phi) is 4.01. The fourth-order valence-corrected chi connectivity index (χ4v) is 4.82. The molecule has 1 atom stereocenters. The van der Waals surface area contributed by atoms with Crippen LogP contribution < -0.4 is 4.74 Å². The van der Waals surface area contributed by atoms with Gasteiger partial charge in [-0.05, 0) is 36.3 Å². The highest BCUT2D eigenvalue weighted by Crippen LogP contribution is 2.58. The maximum atomic E-state index is 11.9. The molecule has 1 N–H and O–H groups in total. The van der Waals surface area contributed by atoms with Crippen LogP contribution in [0.2, 0.25) is 0 Å². The number of aliphatic hydroxyl groups is 1. The molecular formula is C20H30O2. The molecule has 1 aromatic carbocycles.